The van der Waals surface area contributed by atoms with Gasteiger partial charge in [0.2, 0.25) is 0 Å². The van der Waals surface area contributed by atoms with Crippen LogP contribution in [0.4, 0.5) is 0 Å². The second-order valence-corrected chi connectivity index (χ2v) is 5.30. The molecule has 0 fully saturated rings. The highest BCUT2D eigenvalue weighted by Gasteiger charge is 2.11. The van der Waals surface area contributed by atoms with E-state index >= 15 is 0 Å². The summed E-state index contributed by atoms with van der Waals surface area (Å²) in [5.74, 6) is 0.776. The topological polar surface area (TPSA) is 41.6 Å². The average Bonchev–Trinajstić information content (AvgIpc) is 2.72. The van der Waals surface area contributed by atoms with Crippen LogP contribution in [-0.2, 0) is 0 Å². The van der Waals surface area contributed by atoms with Crippen molar-refractivity contribution < 1.29 is 0 Å². The van der Waals surface area contributed by atoms with Crippen LogP contribution in [-0.4, -0.2) is 15.0 Å². The number of nitrogens with zero attached hydrogens (tertiary/aromatic N) is 2. The van der Waals surface area contributed by atoms with Gasteiger partial charge in [-0.15, -0.1) is 0 Å². The van der Waals surface area contributed by atoms with Gasteiger partial charge in [-0.1, -0.05) is 47.0 Å². The molecule has 0 aliphatic heterocycles. The molecule has 0 amide bonds. The minimum atomic E-state index is 0.271. The van der Waals surface area contributed by atoms with E-state index in [1.807, 2.05) is 6.07 Å². The third-order valence-electron chi connectivity index (χ3n) is 3.02. The third kappa shape index (κ3) is 2.20. The van der Waals surface area contributed by atoms with Crippen LogP contribution in [0.15, 0.2) is 24.3 Å². The van der Waals surface area contributed by atoms with Gasteiger partial charge in [0.25, 0.3) is 0 Å². The van der Waals surface area contributed by atoms with Crippen LogP contribution in [0.2, 0.25) is 10.2 Å². The molecule has 0 bridgehead atoms. The molecular weight excluding hydrogens is 281 g/mol. The van der Waals surface area contributed by atoms with E-state index in [0.29, 0.717) is 10.7 Å². The van der Waals surface area contributed by atoms with Crippen molar-refractivity contribution in [1.82, 2.24) is 15.0 Å². The molecule has 0 unspecified atom stereocenters. The van der Waals surface area contributed by atoms with Gasteiger partial charge in [-0.3, -0.25) is 0 Å². The maximum atomic E-state index is 5.95. The Bertz CT molecular complexity index is 739. The number of hydrogen-bond donors (Lipinski definition) is 1. The van der Waals surface area contributed by atoms with Crippen molar-refractivity contribution in [1.29, 1.82) is 0 Å². The van der Waals surface area contributed by atoms with Crippen LogP contribution in [0.3, 0.4) is 0 Å². The summed E-state index contributed by atoms with van der Waals surface area (Å²) in [5.41, 5.74) is 4.79. The number of rotatable bonds is 1. The zero-order chi connectivity index (χ0) is 13.6. The Balaban J connectivity index is 2.20. The van der Waals surface area contributed by atoms with E-state index < -0.39 is 0 Å². The first-order valence-electron chi connectivity index (χ1n) is 5.84. The second kappa shape index (κ2) is 4.51. The molecule has 19 heavy (non-hydrogen) atoms. The molecule has 96 valence electrons. The van der Waals surface area contributed by atoms with Gasteiger partial charge < -0.3 is 4.98 Å². The number of nitrogens with one attached hydrogen (secondary N) is 1. The Morgan fingerprint density at radius 1 is 1.05 bits per heavy atom. The lowest BCUT2D eigenvalue weighted by Gasteiger charge is -2.02. The number of imidazole rings is 1. The minimum absolute atomic E-state index is 0.271. The van der Waals surface area contributed by atoms with Gasteiger partial charge in [-0.2, -0.15) is 0 Å². The molecule has 0 atom stereocenters. The first-order valence-corrected chi connectivity index (χ1v) is 6.59. The number of pyridine rings is 1. The van der Waals surface area contributed by atoms with Crippen molar-refractivity contribution >= 4 is 34.4 Å². The van der Waals surface area contributed by atoms with Gasteiger partial charge in [-0.05, 0) is 25.5 Å². The van der Waals surface area contributed by atoms with Crippen molar-refractivity contribution in [3.05, 3.63) is 45.6 Å². The number of aromatic nitrogens is 3. The number of H-pyrrole nitrogens is 1. The summed E-state index contributed by atoms with van der Waals surface area (Å²) in [5, 5.41) is 0.692. The zero-order valence-corrected chi connectivity index (χ0v) is 12.0. The van der Waals surface area contributed by atoms with Crippen LogP contribution in [0, 0.1) is 13.8 Å². The Hall–Kier alpha value is -1.58. The number of benzene rings is 1. The fourth-order valence-corrected chi connectivity index (χ4v) is 2.39. The molecule has 3 aromatic rings. The average molecular weight is 292 g/mol. The summed E-state index contributed by atoms with van der Waals surface area (Å²) in [7, 11) is 0. The quantitative estimate of drug-likeness (QED) is 0.668. The fraction of sp³-hybridized carbons (Fsp3) is 0.143. The number of aryl methyl sites for hydroxylation is 2. The van der Waals surface area contributed by atoms with Crippen molar-refractivity contribution in [3.63, 3.8) is 0 Å². The molecule has 0 radical (unpaired) electrons. The zero-order valence-electron chi connectivity index (χ0n) is 10.5. The number of hydrogen-bond acceptors (Lipinski definition) is 2. The van der Waals surface area contributed by atoms with Crippen molar-refractivity contribution in [2.45, 2.75) is 13.8 Å². The second-order valence-electron chi connectivity index (χ2n) is 4.54. The summed E-state index contributed by atoms with van der Waals surface area (Å²) in [6.07, 6.45) is 0. The molecular formula is C14H11Cl2N3. The van der Waals surface area contributed by atoms with Crippen LogP contribution in [0.25, 0.3) is 22.6 Å². The maximum absolute atomic E-state index is 5.95. The molecule has 1 N–H and O–H groups in total. The lowest BCUT2D eigenvalue weighted by molar-refractivity contribution is 1.27. The van der Waals surface area contributed by atoms with Crippen LogP contribution in [0.1, 0.15) is 11.1 Å². The summed E-state index contributed by atoms with van der Waals surface area (Å²) >= 11 is 11.9. The van der Waals surface area contributed by atoms with Gasteiger partial charge in [-0.25, -0.2) is 9.97 Å². The number of halogens is 2. The molecule has 0 saturated heterocycles. The fourth-order valence-electron chi connectivity index (χ4n) is 2.10. The SMILES string of the molecule is Cc1ccc(-c2nc3nc(Cl)c(Cl)cc3[nH]2)c(C)c1. The van der Waals surface area contributed by atoms with Gasteiger partial charge in [0, 0.05) is 5.56 Å². The molecule has 5 heteroatoms. The van der Waals surface area contributed by atoms with Gasteiger partial charge in [0.15, 0.2) is 5.65 Å². The van der Waals surface area contributed by atoms with Crippen molar-refractivity contribution in [3.8, 4) is 11.4 Å². The largest absolute Gasteiger partial charge is 0.337 e. The maximum Gasteiger partial charge on any atom is 0.179 e. The summed E-state index contributed by atoms with van der Waals surface area (Å²) in [4.78, 5) is 11.8. The smallest absolute Gasteiger partial charge is 0.179 e. The molecule has 0 aliphatic rings. The molecule has 0 aliphatic carbocycles. The Labute approximate surface area is 120 Å². The monoisotopic (exact) mass is 291 g/mol. The van der Waals surface area contributed by atoms with E-state index in [-0.39, 0.29) is 5.15 Å². The summed E-state index contributed by atoms with van der Waals surface area (Å²) in [6.45, 7) is 4.12. The van der Waals surface area contributed by atoms with E-state index in [0.717, 1.165) is 22.5 Å². The molecule has 0 spiro atoms. The number of aromatic amines is 1. The van der Waals surface area contributed by atoms with Crippen molar-refractivity contribution in [2.75, 3.05) is 0 Å². The van der Waals surface area contributed by atoms with E-state index in [2.05, 4.69) is 40.9 Å². The first kappa shape index (κ1) is 12.5. The molecule has 2 aromatic heterocycles. The molecule has 3 rings (SSSR count). The highest BCUT2D eigenvalue weighted by atomic mass is 35.5. The molecule has 2 heterocycles. The molecule has 1 aromatic carbocycles. The predicted octanol–water partition coefficient (Wildman–Crippen LogP) is 4.55. The van der Waals surface area contributed by atoms with Crippen LogP contribution < -0.4 is 0 Å². The summed E-state index contributed by atoms with van der Waals surface area (Å²) in [6, 6.07) is 7.97. The molecule has 3 nitrogen and oxygen atoms in total. The highest BCUT2D eigenvalue weighted by molar-refractivity contribution is 6.41. The van der Waals surface area contributed by atoms with E-state index in [1.165, 1.54) is 5.56 Å². The Morgan fingerprint density at radius 2 is 1.84 bits per heavy atom. The normalized spacial score (nSPS) is 11.2. The van der Waals surface area contributed by atoms with E-state index in [1.54, 1.807) is 6.07 Å². The highest BCUT2D eigenvalue weighted by Crippen LogP contribution is 2.27. The predicted molar refractivity (Wildman–Crippen MR) is 78.8 cm³/mol. The lowest BCUT2D eigenvalue weighted by atomic mass is 10.1. The number of fused-ring (bicyclic) bond motifs is 1. The minimum Gasteiger partial charge on any atom is -0.337 e. The van der Waals surface area contributed by atoms with Crippen molar-refractivity contribution in [2.24, 2.45) is 0 Å². The lowest BCUT2D eigenvalue weighted by Crippen LogP contribution is -1.86. The third-order valence-corrected chi connectivity index (χ3v) is 3.69. The summed E-state index contributed by atoms with van der Waals surface area (Å²) < 4.78 is 0. The van der Waals surface area contributed by atoms with E-state index in [4.69, 9.17) is 23.2 Å². The van der Waals surface area contributed by atoms with Crippen LogP contribution in [0.5, 0.6) is 0 Å². The van der Waals surface area contributed by atoms with Gasteiger partial charge >= 0.3 is 0 Å². The van der Waals surface area contributed by atoms with E-state index in [9.17, 15) is 0 Å². The Morgan fingerprint density at radius 3 is 2.58 bits per heavy atom. The Kier molecular flexibility index (Phi) is 2.96. The van der Waals surface area contributed by atoms with Crippen LogP contribution >= 0.6 is 23.2 Å². The molecule has 0 saturated carbocycles. The first-order chi connectivity index (χ1) is 9.04. The standard InChI is InChI=1S/C14H11Cl2N3/c1-7-3-4-9(8(2)5-7)13-17-11-6-10(15)12(16)18-14(11)19-13/h3-6H,1-2H3,(H,17,18,19). The van der Waals surface area contributed by atoms with Gasteiger partial charge in [0.05, 0.1) is 10.5 Å². The van der Waals surface area contributed by atoms with Gasteiger partial charge in [0.1, 0.15) is 11.0 Å².